The third-order valence-corrected chi connectivity index (χ3v) is 7.51. The summed E-state index contributed by atoms with van der Waals surface area (Å²) >= 11 is 1.10. The van der Waals surface area contributed by atoms with E-state index in [4.69, 9.17) is 11.2 Å². The summed E-state index contributed by atoms with van der Waals surface area (Å²) in [5.41, 5.74) is 0.183. The van der Waals surface area contributed by atoms with Crippen LogP contribution in [0, 0.1) is 19.3 Å². The molecule has 3 heterocycles. The monoisotopic (exact) mass is 409 g/mol. The van der Waals surface area contributed by atoms with Crippen LogP contribution in [0.4, 0.5) is 0 Å². The zero-order chi connectivity index (χ0) is 19.8. The van der Waals surface area contributed by atoms with Gasteiger partial charge in [-0.05, 0) is 18.9 Å². The van der Waals surface area contributed by atoms with Crippen LogP contribution < -0.4 is 5.56 Å². The lowest BCUT2D eigenvalue weighted by Gasteiger charge is -2.25. The second kappa shape index (κ2) is 7.42. The molecule has 0 bridgehead atoms. The van der Waals surface area contributed by atoms with Crippen molar-refractivity contribution in [1.82, 2.24) is 14.9 Å². The van der Waals surface area contributed by atoms with Gasteiger partial charge in [0, 0.05) is 6.04 Å². The lowest BCUT2D eigenvalue weighted by Crippen LogP contribution is -2.37. The number of aryl methyl sites for hydroxylation is 1. The average molecular weight is 409 g/mol. The second-order valence-electron chi connectivity index (χ2n) is 6.41. The first-order valence-electron chi connectivity index (χ1n) is 8.24. The Labute approximate surface area is 160 Å². The topological polar surface area (TPSA) is 109 Å². The van der Waals surface area contributed by atoms with Gasteiger partial charge in [0.15, 0.2) is 9.84 Å². The van der Waals surface area contributed by atoms with Crippen LogP contribution in [0.15, 0.2) is 4.79 Å². The number of ether oxygens (including phenoxy) is 1. The Morgan fingerprint density at radius 3 is 2.85 bits per heavy atom. The summed E-state index contributed by atoms with van der Waals surface area (Å²) in [6, 6.07) is -0.206. The van der Waals surface area contributed by atoms with E-state index < -0.39 is 15.8 Å². The van der Waals surface area contributed by atoms with Gasteiger partial charge in [-0.15, -0.1) is 17.8 Å². The number of carbonyl (C=O) groups excluding carboxylic acids is 1. The third kappa shape index (κ3) is 3.90. The molecule has 1 unspecified atom stereocenters. The van der Waals surface area contributed by atoms with Crippen LogP contribution in [0.3, 0.4) is 0 Å². The number of hydrogen-bond donors (Lipinski definition) is 1. The predicted octanol–water partition coefficient (Wildman–Crippen LogP) is 0.702. The minimum atomic E-state index is -3.06. The molecule has 27 heavy (non-hydrogen) atoms. The largest absolute Gasteiger partial charge is 0.465 e. The summed E-state index contributed by atoms with van der Waals surface area (Å²) in [7, 11) is -1.78. The van der Waals surface area contributed by atoms with Crippen LogP contribution in [0.2, 0.25) is 0 Å². The number of nitrogens with one attached hydrogen (secondary N) is 1. The number of thiophene rings is 1. The number of esters is 1. The van der Waals surface area contributed by atoms with Gasteiger partial charge in [0.1, 0.15) is 15.5 Å². The second-order valence-corrected chi connectivity index (χ2v) is 9.63. The normalized spacial score (nSPS) is 18.7. The Bertz CT molecular complexity index is 1090. The van der Waals surface area contributed by atoms with Crippen LogP contribution in [0.5, 0.6) is 0 Å². The van der Waals surface area contributed by atoms with Crippen molar-refractivity contribution < 1.29 is 17.9 Å². The quantitative estimate of drug-likeness (QED) is 0.572. The Hall–Kier alpha value is -2.22. The highest BCUT2D eigenvalue weighted by molar-refractivity contribution is 7.91. The van der Waals surface area contributed by atoms with Crippen molar-refractivity contribution in [1.29, 1.82) is 0 Å². The fraction of sp³-hybridized carbons (Fsp3) is 0.471. The van der Waals surface area contributed by atoms with Crippen molar-refractivity contribution in [2.75, 3.05) is 25.2 Å². The third-order valence-electron chi connectivity index (χ3n) is 4.59. The zero-order valence-corrected chi connectivity index (χ0v) is 16.6. The first kappa shape index (κ1) is 19.5. The number of sulfone groups is 1. The van der Waals surface area contributed by atoms with Crippen molar-refractivity contribution in [3.63, 3.8) is 0 Å². The standard InChI is InChI=1S/C17H19N3O5S2/c1-4-6-20(11-5-7-27(23,24)9-11)8-12-18-15(21)13-10(2)14(17(22)25-3)26-16(13)19-12/h1,11H,5-9H2,2-3H3,(H,18,19,21). The van der Waals surface area contributed by atoms with E-state index in [0.717, 1.165) is 11.3 Å². The van der Waals surface area contributed by atoms with Crippen molar-refractivity contribution in [3.8, 4) is 12.3 Å². The number of nitrogens with zero attached hydrogens (tertiary/aromatic N) is 2. The smallest absolute Gasteiger partial charge is 0.348 e. The van der Waals surface area contributed by atoms with Crippen molar-refractivity contribution in [3.05, 3.63) is 26.6 Å². The van der Waals surface area contributed by atoms with Crippen LogP contribution in [-0.4, -0.2) is 60.5 Å². The number of terminal acetylenes is 1. The number of fused-ring (bicyclic) bond motifs is 1. The fourth-order valence-corrected chi connectivity index (χ4v) is 6.12. The number of carbonyl (C=O) groups is 1. The lowest BCUT2D eigenvalue weighted by atomic mass is 10.2. The maximum Gasteiger partial charge on any atom is 0.348 e. The highest BCUT2D eigenvalue weighted by atomic mass is 32.2. The van der Waals surface area contributed by atoms with Gasteiger partial charge < -0.3 is 9.72 Å². The molecule has 2 aromatic rings. The van der Waals surface area contributed by atoms with Crippen LogP contribution in [0.1, 0.15) is 27.5 Å². The van der Waals surface area contributed by atoms with Gasteiger partial charge >= 0.3 is 5.97 Å². The van der Waals surface area contributed by atoms with E-state index in [1.807, 2.05) is 4.90 Å². The SMILES string of the molecule is C#CCN(Cc1nc2sc(C(=O)OC)c(C)c2c(=O)[nH]1)C1CCS(=O)(=O)C1. The van der Waals surface area contributed by atoms with Crippen molar-refractivity contribution >= 4 is 37.4 Å². The molecule has 0 aliphatic carbocycles. The number of aromatic nitrogens is 2. The van der Waals surface area contributed by atoms with Gasteiger partial charge in [-0.1, -0.05) is 5.92 Å². The number of H-pyrrole nitrogens is 1. The molecule has 0 spiro atoms. The molecule has 2 aromatic heterocycles. The zero-order valence-electron chi connectivity index (χ0n) is 14.9. The molecule has 0 aromatic carbocycles. The molecule has 0 amide bonds. The molecule has 1 saturated heterocycles. The minimum Gasteiger partial charge on any atom is -0.465 e. The van der Waals surface area contributed by atoms with Crippen LogP contribution >= 0.6 is 11.3 Å². The van der Waals surface area contributed by atoms with Gasteiger partial charge in [0.05, 0.1) is 37.1 Å². The van der Waals surface area contributed by atoms with Crippen molar-refractivity contribution in [2.45, 2.75) is 25.9 Å². The number of methoxy groups -OCH3 is 1. The van der Waals surface area contributed by atoms with Gasteiger partial charge in [-0.25, -0.2) is 18.2 Å². The first-order valence-corrected chi connectivity index (χ1v) is 10.9. The summed E-state index contributed by atoms with van der Waals surface area (Å²) < 4.78 is 28.3. The van der Waals surface area contributed by atoms with Crippen molar-refractivity contribution in [2.24, 2.45) is 0 Å². The Morgan fingerprint density at radius 2 is 2.26 bits per heavy atom. The summed E-state index contributed by atoms with van der Waals surface area (Å²) in [4.78, 5) is 34.2. The molecule has 10 heteroatoms. The molecule has 1 N–H and O–H groups in total. The molecule has 1 fully saturated rings. The summed E-state index contributed by atoms with van der Waals surface area (Å²) in [6.07, 6.45) is 5.93. The first-order chi connectivity index (χ1) is 12.8. The van der Waals surface area contributed by atoms with E-state index in [2.05, 4.69) is 15.9 Å². The van der Waals surface area contributed by atoms with Gasteiger partial charge in [0.2, 0.25) is 0 Å². The maximum absolute atomic E-state index is 12.5. The Morgan fingerprint density at radius 1 is 1.52 bits per heavy atom. The fourth-order valence-electron chi connectivity index (χ4n) is 3.24. The molecular formula is C17H19N3O5S2. The number of rotatable bonds is 5. The van der Waals surface area contributed by atoms with E-state index in [0.29, 0.717) is 32.9 Å². The van der Waals surface area contributed by atoms with Crippen LogP contribution in [0.25, 0.3) is 10.2 Å². The molecule has 8 nitrogen and oxygen atoms in total. The van der Waals surface area contributed by atoms with E-state index in [1.54, 1.807) is 6.92 Å². The molecule has 1 aliphatic rings. The Balaban J connectivity index is 1.95. The molecule has 1 aliphatic heterocycles. The maximum atomic E-state index is 12.5. The number of hydrogen-bond acceptors (Lipinski definition) is 8. The van der Waals surface area contributed by atoms with E-state index in [-0.39, 0.29) is 36.2 Å². The molecule has 0 radical (unpaired) electrons. The summed E-state index contributed by atoms with van der Waals surface area (Å²) in [5.74, 6) is 2.58. The average Bonchev–Trinajstić information content (AvgIpc) is 3.13. The molecular weight excluding hydrogens is 390 g/mol. The van der Waals surface area contributed by atoms with Crippen LogP contribution in [-0.2, 0) is 21.1 Å². The highest BCUT2D eigenvalue weighted by Gasteiger charge is 2.32. The van der Waals surface area contributed by atoms with Gasteiger partial charge in [0.25, 0.3) is 5.56 Å². The molecule has 3 rings (SSSR count). The van der Waals surface area contributed by atoms with E-state index >= 15 is 0 Å². The lowest BCUT2D eigenvalue weighted by molar-refractivity contribution is 0.0605. The molecule has 144 valence electrons. The summed E-state index contributed by atoms with van der Waals surface area (Å²) in [5, 5.41) is 0.357. The molecule has 0 saturated carbocycles. The number of aromatic amines is 1. The van der Waals surface area contributed by atoms with E-state index in [9.17, 15) is 18.0 Å². The van der Waals surface area contributed by atoms with Gasteiger partial charge in [-0.2, -0.15) is 0 Å². The van der Waals surface area contributed by atoms with Gasteiger partial charge in [-0.3, -0.25) is 9.69 Å². The predicted molar refractivity (Wildman–Crippen MR) is 103 cm³/mol. The highest BCUT2D eigenvalue weighted by Crippen LogP contribution is 2.28. The molecule has 1 atom stereocenters. The van der Waals surface area contributed by atoms with E-state index in [1.165, 1.54) is 7.11 Å². The minimum absolute atomic E-state index is 0.0474. The Kier molecular flexibility index (Phi) is 5.37. The summed E-state index contributed by atoms with van der Waals surface area (Å²) in [6.45, 7) is 2.15.